The molecule has 0 spiro atoms. The zero-order chi connectivity index (χ0) is 17.9. The van der Waals surface area contributed by atoms with E-state index in [1.807, 2.05) is 41.4 Å². The molecule has 3 aromatic rings. The predicted molar refractivity (Wildman–Crippen MR) is 93.7 cm³/mol. The van der Waals surface area contributed by atoms with E-state index in [0.717, 1.165) is 18.5 Å². The molecule has 1 amide bonds. The summed E-state index contributed by atoms with van der Waals surface area (Å²) in [5.74, 6) is 0.0178. The minimum atomic E-state index is -0.110. The number of carbonyl (C=O) groups is 1. The standard InChI is InChI=1S/C18H20N6O2/c25-13-14-12-24(21-20-14)15-6-10-22(11-7-15)18(26)16-4-1-2-5-17(16)23-9-3-8-19-23/h1-5,8-9,12,15,25H,6-7,10-11,13H2. The molecule has 2 aromatic heterocycles. The summed E-state index contributed by atoms with van der Waals surface area (Å²) >= 11 is 0. The Hall–Kier alpha value is -3.00. The van der Waals surface area contributed by atoms with Crippen molar-refractivity contribution in [1.29, 1.82) is 0 Å². The van der Waals surface area contributed by atoms with E-state index in [0.29, 0.717) is 24.3 Å². The molecule has 1 saturated heterocycles. The van der Waals surface area contributed by atoms with Crippen LogP contribution in [-0.2, 0) is 6.61 Å². The molecule has 0 radical (unpaired) electrons. The number of hydrogen-bond donors (Lipinski definition) is 1. The highest BCUT2D eigenvalue weighted by Crippen LogP contribution is 2.24. The molecule has 8 heteroatoms. The molecule has 4 rings (SSSR count). The molecule has 1 N–H and O–H groups in total. The zero-order valence-corrected chi connectivity index (χ0v) is 14.3. The van der Waals surface area contributed by atoms with E-state index in [2.05, 4.69) is 15.4 Å². The van der Waals surface area contributed by atoms with E-state index in [-0.39, 0.29) is 18.6 Å². The molecule has 0 unspecified atom stereocenters. The molecule has 0 atom stereocenters. The van der Waals surface area contributed by atoms with Crippen molar-refractivity contribution in [3.63, 3.8) is 0 Å². The van der Waals surface area contributed by atoms with Crippen LogP contribution in [0.2, 0.25) is 0 Å². The van der Waals surface area contributed by atoms with Gasteiger partial charge in [-0.25, -0.2) is 9.36 Å². The minimum Gasteiger partial charge on any atom is -0.390 e. The quantitative estimate of drug-likeness (QED) is 0.767. The number of hydrogen-bond acceptors (Lipinski definition) is 5. The van der Waals surface area contributed by atoms with Crippen molar-refractivity contribution in [2.75, 3.05) is 13.1 Å². The van der Waals surface area contributed by atoms with Crippen LogP contribution in [0.5, 0.6) is 0 Å². The normalized spacial score (nSPS) is 15.3. The second kappa shape index (κ2) is 7.09. The lowest BCUT2D eigenvalue weighted by molar-refractivity contribution is 0.0689. The van der Waals surface area contributed by atoms with Gasteiger partial charge < -0.3 is 10.0 Å². The second-order valence-electron chi connectivity index (χ2n) is 6.34. The summed E-state index contributed by atoms with van der Waals surface area (Å²) in [4.78, 5) is 14.9. The average Bonchev–Trinajstić information content (AvgIpc) is 3.39. The van der Waals surface area contributed by atoms with E-state index in [9.17, 15) is 4.79 Å². The van der Waals surface area contributed by atoms with Crippen LogP contribution in [0.15, 0.2) is 48.9 Å². The number of aliphatic hydroxyl groups excluding tert-OH is 1. The van der Waals surface area contributed by atoms with Gasteiger partial charge in [-0.15, -0.1) is 5.10 Å². The van der Waals surface area contributed by atoms with Gasteiger partial charge in [0, 0.05) is 25.5 Å². The van der Waals surface area contributed by atoms with Crippen molar-refractivity contribution in [3.8, 4) is 5.69 Å². The van der Waals surface area contributed by atoms with Crippen LogP contribution in [0.25, 0.3) is 5.69 Å². The minimum absolute atomic E-state index is 0.0178. The molecule has 1 fully saturated rings. The first-order chi connectivity index (χ1) is 12.8. The van der Waals surface area contributed by atoms with Gasteiger partial charge in [-0.1, -0.05) is 17.3 Å². The number of likely N-dealkylation sites (tertiary alicyclic amines) is 1. The molecular weight excluding hydrogens is 332 g/mol. The number of rotatable bonds is 4. The smallest absolute Gasteiger partial charge is 0.256 e. The molecule has 1 aromatic carbocycles. The van der Waals surface area contributed by atoms with Crippen molar-refractivity contribution in [2.24, 2.45) is 0 Å². The molecule has 0 aliphatic carbocycles. The third kappa shape index (κ3) is 3.11. The molecule has 134 valence electrons. The van der Waals surface area contributed by atoms with E-state index in [1.54, 1.807) is 21.8 Å². The Kier molecular flexibility index (Phi) is 4.49. The maximum absolute atomic E-state index is 13.0. The van der Waals surface area contributed by atoms with Gasteiger partial charge in [0.15, 0.2) is 0 Å². The van der Waals surface area contributed by atoms with Crippen molar-refractivity contribution in [2.45, 2.75) is 25.5 Å². The summed E-state index contributed by atoms with van der Waals surface area (Å²) in [6.45, 7) is 1.21. The Morgan fingerprint density at radius 1 is 1.19 bits per heavy atom. The zero-order valence-electron chi connectivity index (χ0n) is 14.3. The monoisotopic (exact) mass is 352 g/mol. The first-order valence-electron chi connectivity index (χ1n) is 8.66. The van der Waals surface area contributed by atoms with Crippen molar-refractivity contribution < 1.29 is 9.90 Å². The van der Waals surface area contributed by atoms with Crippen LogP contribution < -0.4 is 0 Å². The van der Waals surface area contributed by atoms with Crippen molar-refractivity contribution >= 4 is 5.91 Å². The summed E-state index contributed by atoms with van der Waals surface area (Å²) < 4.78 is 3.51. The Balaban J connectivity index is 1.48. The lowest BCUT2D eigenvalue weighted by Gasteiger charge is -2.32. The fourth-order valence-electron chi connectivity index (χ4n) is 3.33. The van der Waals surface area contributed by atoms with Gasteiger partial charge in [-0.05, 0) is 31.0 Å². The van der Waals surface area contributed by atoms with E-state index in [4.69, 9.17) is 5.11 Å². The number of nitrogens with zero attached hydrogens (tertiary/aromatic N) is 6. The lowest BCUT2D eigenvalue weighted by Crippen LogP contribution is -2.39. The Bertz CT molecular complexity index is 881. The van der Waals surface area contributed by atoms with Gasteiger partial charge in [-0.3, -0.25) is 4.79 Å². The summed E-state index contributed by atoms with van der Waals surface area (Å²) in [7, 11) is 0. The second-order valence-corrected chi connectivity index (χ2v) is 6.34. The van der Waals surface area contributed by atoms with E-state index >= 15 is 0 Å². The third-order valence-electron chi connectivity index (χ3n) is 4.73. The molecule has 0 saturated carbocycles. The van der Waals surface area contributed by atoms with Crippen LogP contribution in [0, 0.1) is 0 Å². The van der Waals surface area contributed by atoms with Gasteiger partial charge in [0.25, 0.3) is 5.91 Å². The third-order valence-corrected chi connectivity index (χ3v) is 4.73. The van der Waals surface area contributed by atoms with Crippen LogP contribution in [-0.4, -0.2) is 53.8 Å². The molecule has 0 bridgehead atoms. The first-order valence-corrected chi connectivity index (χ1v) is 8.66. The highest BCUT2D eigenvalue weighted by Gasteiger charge is 2.26. The van der Waals surface area contributed by atoms with Crippen LogP contribution >= 0.6 is 0 Å². The molecule has 1 aliphatic heterocycles. The number of carbonyl (C=O) groups excluding carboxylic acids is 1. The fourth-order valence-corrected chi connectivity index (χ4v) is 3.33. The van der Waals surface area contributed by atoms with Crippen LogP contribution in [0.1, 0.15) is 34.9 Å². The number of benzene rings is 1. The molecule has 26 heavy (non-hydrogen) atoms. The fraction of sp³-hybridized carbons (Fsp3) is 0.333. The summed E-state index contributed by atoms with van der Waals surface area (Å²) in [5.41, 5.74) is 2.00. The molecular formula is C18H20N6O2. The van der Waals surface area contributed by atoms with Gasteiger partial charge in [0.1, 0.15) is 5.69 Å². The Morgan fingerprint density at radius 3 is 2.69 bits per heavy atom. The van der Waals surface area contributed by atoms with Crippen molar-refractivity contribution in [3.05, 3.63) is 60.2 Å². The van der Waals surface area contributed by atoms with Crippen LogP contribution in [0.3, 0.4) is 0 Å². The highest BCUT2D eigenvalue weighted by molar-refractivity contribution is 5.97. The first kappa shape index (κ1) is 16.5. The van der Waals surface area contributed by atoms with Crippen LogP contribution in [0.4, 0.5) is 0 Å². The predicted octanol–water partition coefficient (Wildman–Crippen LogP) is 1.43. The average molecular weight is 352 g/mol. The van der Waals surface area contributed by atoms with Gasteiger partial charge in [0.05, 0.1) is 30.1 Å². The van der Waals surface area contributed by atoms with Gasteiger partial charge >= 0.3 is 0 Å². The van der Waals surface area contributed by atoms with E-state index < -0.39 is 0 Å². The summed E-state index contributed by atoms with van der Waals surface area (Å²) in [5, 5.41) is 21.4. The lowest BCUT2D eigenvalue weighted by atomic mass is 10.0. The van der Waals surface area contributed by atoms with E-state index in [1.165, 1.54) is 0 Å². The Morgan fingerprint density at radius 2 is 2.00 bits per heavy atom. The topological polar surface area (TPSA) is 89.1 Å². The molecule has 8 nitrogen and oxygen atoms in total. The maximum atomic E-state index is 13.0. The largest absolute Gasteiger partial charge is 0.390 e. The maximum Gasteiger partial charge on any atom is 0.256 e. The Labute approximate surface area is 150 Å². The number of aromatic nitrogens is 5. The number of para-hydroxylation sites is 1. The number of aliphatic hydroxyl groups is 1. The van der Waals surface area contributed by atoms with Crippen molar-refractivity contribution in [1.82, 2.24) is 29.7 Å². The number of amides is 1. The summed E-state index contributed by atoms with van der Waals surface area (Å²) in [6, 6.07) is 9.57. The molecule has 3 heterocycles. The van der Waals surface area contributed by atoms with Gasteiger partial charge in [0.2, 0.25) is 0 Å². The van der Waals surface area contributed by atoms with Gasteiger partial charge in [-0.2, -0.15) is 5.10 Å². The summed E-state index contributed by atoms with van der Waals surface area (Å²) in [6.07, 6.45) is 6.93. The SMILES string of the molecule is O=C(c1ccccc1-n1cccn1)N1CCC(n2cc(CO)nn2)CC1. The highest BCUT2D eigenvalue weighted by atomic mass is 16.3. The number of piperidine rings is 1. The molecule has 1 aliphatic rings.